The summed E-state index contributed by atoms with van der Waals surface area (Å²) in [5.41, 5.74) is -1.53. The molecule has 0 atom stereocenters. The van der Waals surface area contributed by atoms with Crippen LogP contribution < -0.4 is 0 Å². The lowest BCUT2D eigenvalue weighted by atomic mass is 9.89. The lowest BCUT2D eigenvalue weighted by molar-refractivity contribution is -0.142. The van der Waals surface area contributed by atoms with Crippen molar-refractivity contribution in [3.8, 4) is 0 Å². The number of aliphatic carboxylic acids is 1. The van der Waals surface area contributed by atoms with Gasteiger partial charge in [-0.1, -0.05) is 6.07 Å². The molecule has 6 heteroatoms. The normalized spacial score (nSPS) is 12.9. The van der Waals surface area contributed by atoms with E-state index < -0.39 is 23.1 Å². The standard InChI is InChI=1S/C13H12F3NO2/c1-12(2,11(18)19)10-6-7-8(13(14,15)16)4-3-5-9(7)17-10/h3-6,17H,1-2H3,(H,18,19). The van der Waals surface area contributed by atoms with Gasteiger partial charge < -0.3 is 10.1 Å². The molecule has 3 nitrogen and oxygen atoms in total. The number of nitrogens with one attached hydrogen (secondary N) is 1. The minimum Gasteiger partial charge on any atom is -0.481 e. The van der Waals surface area contributed by atoms with Gasteiger partial charge in [-0.3, -0.25) is 4.79 Å². The zero-order valence-corrected chi connectivity index (χ0v) is 10.3. The molecule has 0 saturated carbocycles. The molecule has 102 valence electrons. The predicted molar refractivity (Wildman–Crippen MR) is 64.0 cm³/mol. The summed E-state index contributed by atoms with van der Waals surface area (Å²) in [5, 5.41) is 9.09. The molecule has 2 aromatic rings. The van der Waals surface area contributed by atoms with E-state index in [0.29, 0.717) is 0 Å². The van der Waals surface area contributed by atoms with E-state index in [1.807, 2.05) is 0 Å². The minimum absolute atomic E-state index is 0.0145. The van der Waals surface area contributed by atoms with Crippen LogP contribution in [0.15, 0.2) is 24.3 Å². The Morgan fingerprint density at radius 3 is 2.42 bits per heavy atom. The van der Waals surface area contributed by atoms with Gasteiger partial charge >= 0.3 is 12.1 Å². The molecular weight excluding hydrogens is 259 g/mol. The fourth-order valence-electron chi connectivity index (χ4n) is 1.85. The van der Waals surface area contributed by atoms with Crippen LogP contribution in [0.5, 0.6) is 0 Å². The van der Waals surface area contributed by atoms with E-state index in [2.05, 4.69) is 4.98 Å². The van der Waals surface area contributed by atoms with Gasteiger partial charge in [0.25, 0.3) is 0 Å². The second-order valence-electron chi connectivity index (χ2n) is 4.88. The number of carbonyl (C=O) groups is 1. The maximum Gasteiger partial charge on any atom is 0.417 e. The summed E-state index contributed by atoms with van der Waals surface area (Å²) >= 11 is 0. The first-order chi connectivity index (χ1) is 8.64. The van der Waals surface area contributed by atoms with Crippen molar-refractivity contribution in [2.24, 2.45) is 0 Å². The first kappa shape index (κ1) is 13.5. The number of H-pyrrole nitrogens is 1. The molecule has 1 aromatic carbocycles. The first-order valence-electron chi connectivity index (χ1n) is 5.57. The molecule has 0 saturated heterocycles. The molecule has 0 spiro atoms. The molecule has 0 amide bonds. The Morgan fingerprint density at radius 1 is 1.26 bits per heavy atom. The van der Waals surface area contributed by atoms with E-state index in [0.717, 1.165) is 6.07 Å². The quantitative estimate of drug-likeness (QED) is 0.877. The van der Waals surface area contributed by atoms with Gasteiger partial charge in [-0.15, -0.1) is 0 Å². The summed E-state index contributed by atoms with van der Waals surface area (Å²) in [4.78, 5) is 13.9. The van der Waals surface area contributed by atoms with E-state index in [4.69, 9.17) is 5.11 Å². The van der Waals surface area contributed by atoms with Gasteiger partial charge in [0.2, 0.25) is 0 Å². The second-order valence-corrected chi connectivity index (χ2v) is 4.88. The highest BCUT2D eigenvalue weighted by Crippen LogP contribution is 2.36. The summed E-state index contributed by atoms with van der Waals surface area (Å²) in [6.07, 6.45) is -4.47. The summed E-state index contributed by atoms with van der Waals surface area (Å²) < 4.78 is 38.6. The highest BCUT2D eigenvalue weighted by molar-refractivity contribution is 5.88. The lowest BCUT2D eigenvalue weighted by Crippen LogP contribution is -2.28. The summed E-state index contributed by atoms with van der Waals surface area (Å²) in [6.45, 7) is 2.88. The number of rotatable bonds is 2. The molecule has 2 rings (SSSR count). The van der Waals surface area contributed by atoms with Crippen LogP contribution in [0.25, 0.3) is 10.9 Å². The predicted octanol–water partition coefficient (Wildman–Crippen LogP) is 3.55. The summed E-state index contributed by atoms with van der Waals surface area (Å²) in [6, 6.07) is 5.02. The average Bonchev–Trinajstić information content (AvgIpc) is 2.70. The van der Waals surface area contributed by atoms with Crippen LogP contribution in [0, 0.1) is 0 Å². The van der Waals surface area contributed by atoms with Gasteiger partial charge in [0.1, 0.15) is 5.41 Å². The molecular formula is C13H12F3NO2. The molecule has 0 aliphatic heterocycles. The molecule has 1 heterocycles. The second kappa shape index (κ2) is 4.01. The Kier molecular flexibility index (Phi) is 2.84. The van der Waals surface area contributed by atoms with E-state index in [1.165, 1.54) is 32.0 Å². The number of hydrogen-bond acceptors (Lipinski definition) is 1. The van der Waals surface area contributed by atoms with Crippen molar-refractivity contribution in [1.29, 1.82) is 0 Å². The summed E-state index contributed by atoms with van der Waals surface area (Å²) in [5.74, 6) is -1.10. The van der Waals surface area contributed by atoms with Crippen LogP contribution in [0.3, 0.4) is 0 Å². The number of aromatic amines is 1. The molecule has 2 N–H and O–H groups in total. The fraction of sp³-hybridized carbons (Fsp3) is 0.308. The molecule has 19 heavy (non-hydrogen) atoms. The van der Waals surface area contributed by atoms with Crippen LogP contribution in [-0.4, -0.2) is 16.1 Å². The third-order valence-electron chi connectivity index (χ3n) is 3.18. The number of aromatic nitrogens is 1. The van der Waals surface area contributed by atoms with Gasteiger partial charge in [0.15, 0.2) is 0 Å². The lowest BCUT2D eigenvalue weighted by Gasteiger charge is -2.16. The van der Waals surface area contributed by atoms with Crippen LogP contribution in [0.2, 0.25) is 0 Å². The van der Waals surface area contributed by atoms with Crippen molar-refractivity contribution in [3.05, 3.63) is 35.5 Å². The maximum atomic E-state index is 12.9. The number of alkyl halides is 3. The Balaban J connectivity index is 2.68. The Hall–Kier alpha value is -1.98. The van der Waals surface area contributed by atoms with Crippen LogP contribution in [-0.2, 0) is 16.4 Å². The Morgan fingerprint density at radius 2 is 1.89 bits per heavy atom. The van der Waals surface area contributed by atoms with Gasteiger partial charge in [0, 0.05) is 16.6 Å². The van der Waals surface area contributed by atoms with Crippen molar-refractivity contribution in [2.75, 3.05) is 0 Å². The Labute approximate surface area is 107 Å². The van der Waals surface area contributed by atoms with Gasteiger partial charge in [0.05, 0.1) is 5.56 Å². The van der Waals surface area contributed by atoms with Gasteiger partial charge in [-0.2, -0.15) is 13.2 Å². The van der Waals surface area contributed by atoms with E-state index in [1.54, 1.807) is 0 Å². The van der Waals surface area contributed by atoms with Crippen molar-refractivity contribution in [2.45, 2.75) is 25.4 Å². The largest absolute Gasteiger partial charge is 0.481 e. The minimum atomic E-state index is -4.47. The molecule has 0 aliphatic carbocycles. The highest BCUT2D eigenvalue weighted by Gasteiger charge is 2.35. The van der Waals surface area contributed by atoms with E-state index >= 15 is 0 Å². The molecule has 0 radical (unpaired) electrons. The average molecular weight is 271 g/mol. The van der Waals surface area contributed by atoms with Gasteiger partial charge in [-0.05, 0) is 32.0 Å². The monoisotopic (exact) mass is 271 g/mol. The maximum absolute atomic E-state index is 12.9. The zero-order valence-electron chi connectivity index (χ0n) is 10.3. The number of fused-ring (bicyclic) bond motifs is 1. The fourth-order valence-corrected chi connectivity index (χ4v) is 1.85. The Bertz CT molecular complexity index is 641. The third-order valence-corrected chi connectivity index (χ3v) is 3.18. The van der Waals surface area contributed by atoms with Gasteiger partial charge in [-0.25, -0.2) is 0 Å². The molecule has 0 unspecified atom stereocenters. The molecule has 1 aromatic heterocycles. The number of hydrogen-bond donors (Lipinski definition) is 2. The third kappa shape index (κ3) is 2.18. The molecule has 0 fully saturated rings. The highest BCUT2D eigenvalue weighted by atomic mass is 19.4. The van der Waals surface area contributed by atoms with E-state index in [9.17, 15) is 18.0 Å². The SMILES string of the molecule is CC(C)(C(=O)O)c1cc2c(C(F)(F)F)cccc2[nH]1. The smallest absolute Gasteiger partial charge is 0.417 e. The molecule has 0 bridgehead atoms. The number of carboxylic acid groups (broad SMARTS) is 1. The topological polar surface area (TPSA) is 53.1 Å². The van der Waals surface area contributed by atoms with Crippen molar-refractivity contribution < 1.29 is 23.1 Å². The van der Waals surface area contributed by atoms with Crippen LogP contribution in [0.4, 0.5) is 13.2 Å². The molecule has 0 aliphatic rings. The van der Waals surface area contributed by atoms with Crippen molar-refractivity contribution in [1.82, 2.24) is 4.98 Å². The first-order valence-corrected chi connectivity index (χ1v) is 5.57. The van der Waals surface area contributed by atoms with Crippen LogP contribution in [0.1, 0.15) is 25.1 Å². The van der Waals surface area contributed by atoms with E-state index in [-0.39, 0.29) is 16.6 Å². The summed E-state index contributed by atoms with van der Waals surface area (Å²) in [7, 11) is 0. The number of benzene rings is 1. The number of carboxylic acids is 1. The van der Waals surface area contributed by atoms with Crippen molar-refractivity contribution in [3.63, 3.8) is 0 Å². The number of halogens is 3. The zero-order chi connectivity index (χ0) is 14.4. The van der Waals surface area contributed by atoms with Crippen LogP contribution >= 0.6 is 0 Å². The van der Waals surface area contributed by atoms with Crippen molar-refractivity contribution >= 4 is 16.9 Å².